The van der Waals surface area contributed by atoms with E-state index < -0.39 is 0 Å². The zero-order chi connectivity index (χ0) is 17.5. The molecular weight excluding hydrogens is 314 g/mol. The second kappa shape index (κ2) is 8.81. The average Bonchev–Trinajstić information content (AvgIpc) is 3.10. The molecule has 1 aliphatic heterocycles. The third kappa shape index (κ3) is 5.16. The summed E-state index contributed by atoms with van der Waals surface area (Å²) in [6, 6.07) is 9.82. The van der Waals surface area contributed by atoms with Crippen LogP contribution in [0.25, 0.3) is 0 Å². The zero-order valence-corrected chi connectivity index (χ0v) is 14.9. The Labute approximate surface area is 149 Å². The van der Waals surface area contributed by atoms with Crippen LogP contribution in [-0.4, -0.2) is 40.1 Å². The topological polar surface area (TPSA) is 47.4 Å². The Kier molecular flexibility index (Phi) is 6.23. The van der Waals surface area contributed by atoms with E-state index in [-0.39, 0.29) is 5.97 Å². The van der Waals surface area contributed by atoms with Gasteiger partial charge in [0.2, 0.25) is 0 Å². The van der Waals surface area contributed by atoms with Crippen LogP contribution in [0.4, 0.5) is 0 Å². The molecule has 0 unspecified atom stereocenters. The van der Waals surface area contributed by atoms with Crippen LogP contribution in [0.5, 0.6) is 0 Å². The molecule has 3 rings (SSSR count). The van der Waals surface area contributed by atoms with Gasteiger partial charge in [0.05, 0.1) is 6.54 Å². The number of hydrogen-bond donors (Lipinski definition) is 0. The van der Waals surface area contributed by atoms with E-state index in [2.05, 4.69) is 27.6 Å². The maximum atomic E-state index is 12.0. The first-order valence-corrected chi connectivity index (χ1v) is 9.16. The number of esters is 1. The van der Waals surface area contributed by atoms with Gasteiger partial charge >= 0.3 is 5.97 Å². The van der Waals surface area contributed by atoms with Crippen molar-refractivity contribution in [3.8, 4) is 0 Å². The lowest BCUT2D eigenvalue weighted by atomic mass is 9.96. The van der Waals surface area contributed by atoms with Crippen molar-refractivity contribution in [2.45, 2.75) is 39.3 Å². The van der Waals surface area contributed by atoms with Gasteiger partial charge in [0.15, 0.2) is 0 Å². The van der Waals surface area contributed by atoms with Gasteiger partial charge in [-0.2, -0.15) is 0 Å². The third-order valence-electron chi connectivity index (χ3n) is 4.88. The Morgan fingerprint density at radius 1 is 1.24 bits per heavy atom. The standard InChI is InChI=1S/C20H27N3O2/c1-2-19-21-10-13-23(19)14-17-8-11-22(12-9-17)15-20(24)25-16-18-6-4-3-5-7-18/h3-7,10,13,17H,2,8-9,11-12,14-16H2,1H3. The molecule has 134 valence electrons. The van der Waals surface area contributed by atoms with Crippen molar-refractivity contribution in [2.75, 3.05) is 19.6 Å². The van der Waals surface area contributed by atoms with Crippen LogP contribution in [0.3, 0.4) is 0 Å². The summed E-state index contributed by atoms with van der Waals surface area (Å²) < 4.78 is 7.65. The zero-order valence-electron chi connectivity index (χ0n) is 14.9. The van der Waals surface area contributed by atoms with E-state index >= 15 is 0 Å². The Morgan fingerprint density at radius 3 is 2.72 bits per heavy atom. The summed E-state index contributed by atoms with van der Waals surface area (Å²) in [6.07, 6.45) is 7.17. The van der Waals surface area contributed by atoms with Gasteiger partial charge in [0, 0.05) is 25.4 Å². The van der Waals surface area contributed by atoms with Gasteiger partial charge in [-0.3, -0.25) is 9.69 Å². The molecule has 0 amide bonds. The van der Waals surface area contributed by atoms with Crippen LogP contribution in [0.2, 0.25) is 0 Å². The number of hydrogen-bond acceptors (Lipinski definition) is 4. The number of rotatable bonds is 7. The number of carbonyl (C=O) groups is 1. The van der Waals surface area contributed by atoms with Gasteiger partial charge in [0.1, 0.15) is 12.4 Å². The number of carbonyl (C=O) groups excluding carboxylic acids is 1. The molecule has 0 N–H and O–H groups in total. The highest BCUT2D eigenvalue weighted by atomic mass is 16.5. The number of ether oxygens (including phenoxy) is 1. The van der Waals surface area contributed by atoms with Crippen LogP contribution in [0, 0.1) is 5.92 Å². The van der Waals surface area contributed by atoms with Crippen LogP contribution in [0.15, 0.2) is 42.7 Å². The molecule has 0 spiro atoms. The molecule has 1 saturated heterocycles. The van der Waals surface area contributed by atoms with Crippen LogP contribution < -0.4 is 0 Å². The summed E-state index contributed by atoms with van der Waals surface area (Å²) in [7, 11) is 0. The quantitative estimate of drug-likeness (QED) is 0.727. The van der Waals surface area contributed by atoms with Gasteiger partial charge in [-0.25, -0.2) is 4.98 Å². The summed E-state index contributed by atoms with van der Waals surface area (Å²) in [5, 5.41) is 0. The van der Waals surface area contributed by atoms with Crippen molar-refractivity contribution < 1.29 is 9.53 Å². The van der Waals surface area contributed by atoms with E-state index in [1.54, 1.807) is 0 Å². The lowest BCUT2D eigenvalue weighted by Gasteiger charge is -2.31. The van der Waals surface area contributed by atoms with Crippen molar-refractivity contribution in [3.05, 3.63) is 54.1 Å². The number of aromatic nitrogens is 2. The highest BCUT2D eigenvalue weighted by Crippen LogP contribution is 2.20. The predicted molar refractivity (Wildman–Crippen MR) is 97.0 cm³/mol. The Balaban J connectivity index is 1.38. The van der Waals surface area contributed by atoms with Crippen LogP contribution in [-0.2, 0) is 29.1 Å². The van der Waals surface area contributed by atoms with Gasteiger partial charge in [-0.05, 0) is 37.4 Å². The summed E-state index contributed by atoms with van der Waals surface area (Å²) >= 11 is 0. The summed E-state index contributed by atoms with van der Waals surface area (Å²) in [6.45, 7) is 5.85. The molecule has 1 aliphatic rings. The Hall–Kier alpha value is -2.14. The molecule has 5 heteroatoms. The van der Waals surface area contributed by atoms with Crippen molar-refractivity contribution in [1.82, 2.24) is 14.5 Å². The SMILES string of the molecule is CCc1nccn1CC1CCN(CC(=O)OCc2ccccc2)CC1. The monoisotopic (exact) mass is 341 g/mol. The van der Waals surface area contributed by atoms with E-state index in [0.29, 0.717) is 19.1 Å². The van der Waals surface area contributed by atoms with Crippen LogP contribution >= 0.6 is 0 Å². The second-order valence-corrected chi connectivity index (χ2v) is 6.72. The summed E-state index contributed by atoms with van der Waals surface area (Å²) in [5.74, 6) is 1.69. The summed E-state index contributed by atoms with van der Waals surface area (Å²) in [4.78, 5) is 18.6. The first kappa shape index (κ1) is 17.7. The number of likely N-dealkylation sites (tertiary alicyclic amines) is 1. The molecule has 25 heavy (non-hydrogen) atoms. The molecule has 0 bridgehead atoms. The normalized spacial score (nSPS) is 16.0. The van der Waals surface area contributed by atoms with Gasteiger partial charge < -0.3 is 9.30 Å². The number of piperidine rings is 1. The lowest BCUT2D eigenvalue weighted by Crippen LogP contribution is -2.38. The number of aryl methyl sites for hydroxylation is 1. The van der Waals surface area contributed by atoms with Crippen molar-refractivity contribution in [1.29, 1.82) is 0 Å². The molecule has 0 saturated carbocycles. The fourth-order valence-corrected chi connectivity index (χ4v) is 3.39. The fourth-order valence-electron chi connectivity index (χ4n) is 3.39. The van der Waals surface area contributed by atoms with Gasteiger partial charge in [-0.1, -0.05) is 37.3 Å². The molecule has 0 atom stereocenters. The van der Waals surface area contributed by atoms with E-state index in [1.807, 2.05) is 36.5 Å². The van der Waals surface area contributed by atoms with Gasteiger partial charge in [-0.15, -0.1) is 0 Å². The lowest BCUT2D eigenvalue weighted by molar-refractivity contribution is -0.146. The summed E-state index contributed by atoms with van der Waals surface area (Å²) in [5.41, 5.74) is 1.03. The maximum Gasteiger partial charge on any atom is 0.320 e. The van der Waals surface area contributed by atoms with E-state index in [1.165, 1.54) is 0 Å². The molecule has 1 aromatic heterocycles. The van der Waals surface area contributed by atoms with E-state index in [0.717, 1.165) is 50.3 Å². The first-order valence-electron chi connectivity index (χ1n) is 9.16. The Bertz CT molecular complexity index is 661. The highest BCUT2D eigenvalue weighted by Gasteiger charge is 2.22. The minimum Gasteiger partial charge on any atom is -0.460 e. The molecule has 2 heterocycles. The number of imidazole rings is 1. The fraction of sp³-hybridized carbons (Fsp3) is 0.500. The first-order chi connectivity index (χ1) is 12.2. The number of nitrogens with zero attached hydrogens (tertiary/aromatic N) is 3. The second-order valence-electron chi connectivity index (χ2n) is 6.72. The van der Waals surface area contributed by atoms with Crippen molar-refractivity contribution >= 4 is 5.97 Å². The Morgan fingerprint density at radius 2 is 2.00 bits per heavy atom. The minimum atomic E-state index is -0.134. The smallest absolute Gasteiger partial charge is 0.320 e. The van der Waals surface area contributed by atoms with Crippen LogP contribution in [0.1, 0.15) is 31.2 Å². The molecule has 1 aromatic carbocycles. The van der Waals surface area contributed by atoms with Crippen molar-refractivity contribution in [2.24, 2.45) is 5.92 Å². The largest absolute Gasteiger partial charge is 0.460 e. The van der Waals surface area contributed by atoms with Crippen molar-refractivity contribution in [3.63, 3.8) is 0 Å². The van der Waals surface area contributed by atoms with E-state index in [4.69, 9.17) is 4.74 Å². The molecule has 0 aliphatic carbocycles. The van der Waals surface area contributed by atoms with E-state index in [9.17, 15) is 4.79 Å². The molecular formula is C20H27N3O2. The third-order valence-corrected chi connectivity index (χ3v) is 4.88. The minimum absolute atomic E-state index is 0.134. The maximum absolute atomic E-state index is 12.0. The predicted octanol–water partition coefficient (Wildman–Crippen LogP) is 2.90. The average molecular weight is 341 g/mol. The molecule has 0 radical (unpaired) electrons. The molecule has 5 nitrogen and oxygen atoms in total. The van der Waals surface area contributed by atoms with Gasteiger partial charge in [0.25, 0.3) is 0 Å². The highest BCUT2D eigenvalue weighted by molar-refractivity contribution is 5.71. The molecule has 2 aromatic rings. The number of benzene rings is 1. The molecule has 1 fully saturated rings.